The number of hydrogen-bond donors (Lipinski definition) is 3. The van der Waals surface area contributed by atoms with Crippen molar-refractivity contribution in [1.82, 2.24) is 10.7 Å². The average molecular weight is 430 g/mol. The molecule has 2 aliphatic rings. The van der Waals surface area contributed by atoms with Gasteiger partial charge in [0.2, 0.25) is 5.91 Å². The summed E-state index contributed by atoms with van der Waals surface area (Å²) in [5, 5.41) is 2.69. The summed E-state index contributed by atoms with van der Waals surface area (Å²) in [5.74, 6) is 5.50. The third kappa shape index (κ3) is 9.23. The van der Waals surface area contributed by atoms with E-state index in [-0.39, 0.29) is 24.5 Å². The van der Waals surface area contributed by atoms with E-state index >= 15 is 0 Å². The first-order chi connectivity index (χ1) is 13.7. The van der Waals surface area contributed by atoms with Crippen molar-refractivity contribution in [3.05, 3.63) is 35.6 Å². The van der Waals surface area contributed by atoms with Gasteiger partial charge in [0.1, 0.15) is 11.6 Å². The van der Waals surface area contributed by atoms with Gasteiger partial charge in [-0.1, -0.05) is 30.8 Å². The third-order valence-electron chi connectivity index (χ3n) is 4.43. The quantitative estimate of drug-likeness (QED) is 0.237. The summed E-state index contributed by atoms with van der Waals surface area (Å²) in [6, 6.07) is 0. The number of dihydropyridines is 1. The van der Waals surface area contributed by atoms with Crippen molar-refractivity contribution in [3.63, 3.8) is 0 Å². The van der Waals surface area contributed by atoms with Crippen LogP contribution < -0.4 is 16.6 Å². The van der Waals surface area contributed by atoms with Crippen molar-refractivity contribution in [2.75, 3.05) is 6.54 Å². The number of unbranched alkanes of at least 4 members (excludes halogenated alkanes) is 1. The minimum absolute atomic E-state index is 0.0317. The lowest BCUT2D eigenvalue weighted by Crippen LogP contribution is -2.31. The summed E-state index contributed by atoms with van der Waals surface area (Å²) in [4.78, 5) is 17.2. The highest BCUT2D eigenvalue weighted by molar-refractivity contribution is 7.80. The van der Waals surface area contributed by atoms with Gasteiger partial charge in [-0.25, -0.2) is 0 Å². The molecule has 4 N–H and O–H groups in total. The molecule has 29 heavy (non-hydrogen) atoms. The Morgan fingerprint density at radius 1 is 1.38 bits per heavy atom. The number of allylic oxidation sites excluding steroid dienone is 3. The second-order valence-corrected chi connectivity index (χ2v) is 7.35. The van der Waals surface area contributed by atoms with Gasteiger partial charge in [-0.05, 0) is 49.3 Å². The lowest BCUT2D eigenvalue weighted by molar-refractivity contribution is -0.306. The van der Waals surface area contributed by atoms with E-state index in [0.29, 0.717) is 35.3 Å². The van der Waals surface area contributed by atoms with Crippen molar-refractivity contribution < 1.29 is 22.7 Å². The fourth-order valence-electron chi connectivity index (χ4n) is 3.05. The van der Waals surface area contributed by atoms with Gasteiger partial charge in [-0.3, -0.25) is 15.6 Å². The van der Waals surface area contributed by atoms with Crippen LogP contribution in [0.5, 0.6) is 0 Å². The summed E-state index contributed by atoms with van der Waals surface area (Å²) in [6.45, 7) is 0.581. The zero-order valence-electron chi connectivity index (χ0n) is 15.9. The van der Waals surface area contributed by atoms with Crippen LogP contribution in [0.4, 0.5) is 13.2 Å². The van der Waals surface area contributed by atoms with Crippen molar-refractivity contribution in [2.45, 2.75) is 51.3 Å². The van der Waals surface area contributed by atoms with Crippen LogP contribution in [0, 0.1) is 5.92 Å². The Bertz CT molecular complexity index is 729. The number of hydrogen-bond acceptors (Lipinski definition) is 5. The van der Waals surface area contributed by atoms with Crippen molar-refractivity contribution >= 4 is 28.9 Å². The molecule has 1 aliphatic heterocycles. The van der Waals surface area contributed by atoms with Crippen LogP contribution in [0.2, 0.25) is 0 Å². The number of nitrogens with two attached hydrogens (primary N) is 1. The Hall–Kier alpha value is -2.20. The number of nitrogens with zero attached hydrogens (tertiary/aromatic N) is 1. The molecule has 0 aromatic heterocycles. The van der Waals surface area contributed by atoms with Crippen LogP contribution in [0.25, 0.3) is 0 Å². The smallest absolute Gasteiger partial charge is 0.410 e. The highest BCUT2D eigenvalue weighted by atomic mass is 32.1. The number of aliphatic imine (C=N–C) groups is 1. The third-order valence-corrected chi connectivity index (χ3v) is 4.76. The number of halogens is 3. The molecule has 1 atom stereocenters. The lowest BCUT2D eigenvalue weighted by atomic mass is 9.99. The van der Waals surface area contributed by atoms with Gasteiger partial charge in [0.15, 0.2) is 0 Å². The molecule has 0 spiro atoms. The monoisotopic (exact) mass is 430 g/mol. The van der Waals surface area contributed by atoms with Crippen LogP contribution >= 0.6 is 12.2 Å². The molecule has 10 heteroatoms. The number of ether oxygens (including phenoxy) is 1. The highest BCUT2D eigenvalue weighted by Crippen LogP contribution is 2.27. The van der Waals surface area contributed by atoms with Crippen LogP contribution in [0.3, 0.4) is 0 Å². The molecular weight excluding hydrogens is 405 g/mol. The molecular formula is C19H25F3N4O2S. The molecule has 1 aliphatic carbocycles. The molecule has 0 saturated heterocycles. The van der Waals surface area contributed by atoms with E-state index in [1.54, 1.807) is 12.2 Å². The standard InChI is InChI=1S/C19H25F3N4O2S/c20-19(21,22)28-15-6-3-5-14(10-15)11-17(27)25-16-9-8-13(12-24-16)4-1-2-7-18(29)26-23/h5,8-10,13H,1-4,6-7,11-12,23H2,(H,26,29)(H,24,25,27). The lowest BCUT2D eigenvalue weighted by Gasteiger charge is -2.17. The van der Waals surface area contributed by atoms with E-state index in [2.05, 4.69) is 20.5 Å². The normalized spacial score (nSPS) is 19.0. The van der Waals surface area contributed by atoms with Gasteiger partial charge in [-0.2, -0.15) is 0 Å². The Balaban J connectivity index is 1.72. The van der Waals surface area contributed by atoms with Crippen molar-refractivity contribution in [1.29, 1.82) is 0 Å². The van der Waals surface area contributed by atoms with Gasteiger partial charge < -0.3 is 15.5 Å². The molecule has 2 rings (SSSR count). The summed E-state index contributed by atoms with van der Waals surface area (Å²) in [6.07, 6.45) is 6.27. The number of carbonyl (C=O) groups is 1. The molecule has 160 valence electrons. The number of carbonyl (C=O) groups excluding carboxylic acids is 1. The molecule has 1 unspecified atom stereocenters. The highest BCUT2D eigenvalue weighted by Gasteiger charge is 2.32. The molecule has 0 radical (unpaired) electrons. The maximum Gasteiger partial charge on any atom is 0.572 e. The summed E-state index contributed by atoms with van der Waals surface area (Å²) in [7, 11) is 0. The van der Waals surface area contributed by atoms with Crippen molar-refractivity contribution in [2.24, 2.45) is 16.8 Å². The molecule has 0 saturated carbocycles. The zero-order valence-corrected chi connectivity index (χ0v) is 16.7. The molecule has 1 amide bonds. The predicted octanol–water partition coefficient (Wildman–Crippen LogP) is 3.57. The predicted molar refractivity (Wildman–Crippen MR) is 109 cm³/mol. The van der Waals surface area contributed by atoms with Gasteiger partial charge in [0, 0.05) is 13.0 Å². The minimum Gasteiger partial charge on any atom is -0.410 e. The Morgan fingerprint density at radius 3 is 2.83 bits per heavy atom. The van der Waals surface area contributed by atoms with E-state index in [1.165, 1.54) is 6.08 Å². The summed E-state index contributed by atoms with van der Waals surface area (Å²) >= 11 is 4.99. The molecule has 0 aromatic carbocycles. The first kappa shape index (κ1) is 23.1. The maximum atomic E-state index is 12.3. The Morgan fingerprint density at radius 2 is 2.17 bits per heavy atom. The first-order valence-corrected chi connectivity index (χ1v) is 9.83. The Labute approximate surface area is 173 Å². The minimum atomic E-state index is -4.72. The van der Waals surface area contributed by atoms with E-state index < -0.39 is 6.36 Å². The topological polar surface area (TPSA) is 88.7 Å². The number of alkyl halides is 3. The van der Waals surface area contributed by atoms with E-state index in [0.717, 1.165) is 25.7 Å². The van der Waals surface area contributed by atoms with Crippen LogP contribution in [0.1, 0.15) is 44.9 Å². The maximum absolute atomic E-state index is 12.3. The van der Waals surface area contributed by atoms with Gasteiger partial charge >= 0.3 is 6.36 Å². The van der Waals surface area contributed by atoms with Crippen LogP contribution in [0.15, 0.2) is 40.6 Å². The summed E-state index contributed by atoms with van der Waals surface area (Å²) < 4.78 is 40.9. The number of rotatable bonds is 8. The second-order valence-electron chi connectivity index (χ2n) is 6.86. The second kappa shape index (κ2) is 11.1. The largest absolute Gasteiger partial charge is 0.572 e. The molecule has 0 aromatic rings. The van der Waals surface area contributed by atoms with Gasteiger partial charge in [-0.15, -0.1) is 13.2 Å². The Kier molecular flexibility index (Phi) is 8.84. The number of amidine groups is 1. The number of nitrogens with one attached hydrogen (secondary N) is 2. The van der Waals surface area contributed by atoms with Crippen LogP contribution in [-0.4, -0.2) is 29.6 Å². The van der Waals surface area contributed by atoms with E-state index in [9.17, 15) is 18.0 Å². The number of amides is 1. The number of hydrazine groups is 1. The number of thiocarbonyl (C=S) groups is 1. The van der Waals surface area contributed by atoms with Gasteiger partial charge in [0.25, 0.3) is 0 Å². The van der Waals surface area contributed by atoms with Crippen molar-refractivity contribution in [3.8, 4) is 0 Å². The molecule has 1 heterocycles. The molecule has 0 fully saturated rings. The fourth-order valence-corrected chi connectivity index (χ4v) is 3.20. The average Bonchev–Trinajstić information content (AvgIpc) is 2.65. The zero-order chi connectivity index (χ0) is 21.3. The van der Waals surface area contributed by atoms with E-state index in [4.69, 9.17) is 18.1 Å². The van der Waals surface area contributed by atoms with E-state index in [1.807, 2.05) is 6.08 Å². The van der Waals surface area contributed by atoms with Gasteiger partial charge in [0.05, 0.1) is 11.4 Å². The summed E-state index contributed by atoms with van der Waals surface area (Å²) in [5.41, 5.74) is 2.96. The fraction of sp³-hybridized carbons (Fsp3) is 0.526. The SMILES string of the molecule is NNC(=S)CCCCC1C=CC(NC(=O)CC2=CCCC(OC(F)(F)F)=C2)=NC1. The molecule has 0 bridgehead atoms. The first-order valence-electron chi connectivity index (χ1n) is 9.42. The molecule has 6 nitrogen and oxygen atoms in total. The van der Waals surface area contributed by atoms with Crippen LogP contribution in [-0.2, 0) is 9.53 Å².